The number of alkyl halides is 6. The maximum absolute atomic E-state index is 10.9. The lowest BCUT2D eigenvalue weighted by molar-refractivity contribution is -0.108. The van der Waals surface area contributed by atoms with Crippen LogP contribution in [0.1, 0.15) is 37.1 Å². The smallest absolute Gasteiger partial charge is 0.269 e. The van der Waals surface area contributed by atoms with Gasteiger partial charge in [0.25, 0.3) is 0 Å². The Morgan fingerprint density at radius 1 is 0.700 bits per heavy atom. The molecule has 0 nitrogen and oxygen atoms in total. The molecule has 0 bridgehead atoms. The molecule has 20 heavy (non-hydrogen) atoms. The molecular formula is C11H25ClF8. The highest BCUT2D eigenvalue weighted by Gasteiger charge is 2.32. The van der Waals surface area contributed by atoms with Crippen molar-refractivity contribution < 1.29 is 35.4 Å². The highest BCUT2D eigenvalue weighted by Crippen LogP contribution is 2.26. The molecule has 0 radical (unpaired) electrons. The van der Waals surface area contributed by atoms with Crippen LogP contribution < -0.4 is 0 Å². The van der Waals surface area contributed by atoms with Gasteiger partial charge in [-0.3, -0.25) is 4.70 Å². The molecular weight excluding hydrogens is 320 g/mol. The number of rotatable bonds is 0. The summed E-state index contributed by atoms with van der Waals surface area (Å²) < 4.78 is 75.8. The Bertz CT molecular complexity index is 193. The second-order valence-electron chi connectivity index (χ2n) is 1.81. The van der Waals surface area contributed by atoms with Crippen LogP contribution in [0.25, 0.3) is 0 Å². The molecule has 0 aliphatic rings. The van der Waals surface area contributed by atoms with E-state index in [0.29, 0.717) is 0 Å². The standard InChI is InChI=1S/C3H2ClF3.C3H2F4.5CH4.FH/c2*1-2(4)3(5,6)7;;;;;;/h2*1H2;5*1H4;1H. The summed E-state index contributed by atoms with van der Waals surface area (Å²) >= 11 is 4.43. The third-order valence-corrected chi connectivity index (χ3v) is 0.829. The maximum Gasteiger partial charge on any atom is 0.442 e. The lowest BCUT2D eigenvalue weighted by Crippen LogP contribution is -2.05. The van der Waals surface area contributed by atoms with Gasteiger partial charge in [-0.25, -0.2) is 4.39 Å². The molecule has 0 aromatic rings. The van der Waals surface area contributed by atoms with Crippen molar-refractivity contribution in [3.8, 4) is 0 Å². The Balaban J connectivity index is -0.0000000185. The predicted octanol–water partition coefficient (Wildman–Crippen LogP) is 7.67. The fraction of sp³-hybridized carbons (Fsp3) is 0.636. The van der Waals surface area contributed by atoms with Crippen molar-refractivity contribution in [1.82, 2.24) is 0 Å². The van der Waals surface area contributed by atoms with Crippen LogP contribution in [-0.2, 0) is 0 Å². The number of hydrogen-bond acceptors (Lipinski definition) is 0. The summed E-state index contributed by atoms with van der Waals surface area (Å²) in [6.45, 7) is 4.50. The van der Waals surface area contributed by atoms with Gasteiger partial charge in [-0.1, -0.05) is 61.9 Å². The quantitative estimate of drug-likeness (QED) is 0.395. The Hall–Kier alpha value is -0.790. The molecule has 132 valence electrons. The van der Waals surface area contributed by atoms with Gasteiger partial charge in [-0.05, 0) is 0 Å². The average Bonchev–Trinajstić information content (AvgIpc) is 1.83. The molecule has 0 aliphatic heterocycles. The SMILES string of the molecule is C.C.C.C.C.C=C(Cl)C(F)(F)F.C=C(F)C(F)(F)F.F. The second-order valence-corrected chi connectivity index (χ2v) is 2.26. The number of hydrogen-bond donors (Lipinski definition) is 0. The first-order chi connectivity index (χ1) is 5.89. The van der Waals surface area contributed by atoms with Gasteiger partial charge in [0, 0.05) is 0 Å². The highest BCUT2D eigenvalue weighted by atomic mass is 35.5. The fourth-order valence-corrected chi connectivity index (χ4v) is 0. The zero-order valence-corrected chi connectivity index (χ0v) is 7.60. The van der Waals surface area contributed by atoms with Gasteiger partial charge in [-0.2, -0.15) is 26.3 Å². The van der Waals surface area contributed by atoms with Gasteiger partial charge in [0.15, 0.2) is 5.83 Å². The first-order valence-corrected chi connectivity index (χ1v) is 3.10. The largest absolute Gasteiger partial charge is 0.442 e. The maximum atomic E-state index is 10.9. The van der Waals surface area contributed by atoms with Gasteiger partial charge in [0.1, 0.15) is 5.03 Å². The minimum atomic E-state index is -4.86. The van der Waals surface area contributed by atoms with E-state index in [1.807, 2.05) is 6.58 Å². The van der Waals surface area contributed by atoms with Crippen LogP contribution in [-0.4, -0.2) is 12.4 Å². The molecule has 9 heteroatoms. The molecule has 0 fully saturated rings. The van der Waals surface area contributed by atoms with Crippen molar-refractivity contribution in [3.63, 3.8) is 0 Å². The minimum absolute atomic E-state index is 0. The average molecular weight is 345 g/mol. The first-order valence-electron chi connectivity index (χ1n) is 2.72. The van der Waals surface area contributed by atoms with E-state index < -0.39 is 23.2 Å². The van der Waals surface area contributed by atoms with Crippen LogP contribution >= 0.6 is 11.6 Å². The van der Waals surface area contributed by atoms with E-state index in [2.05, 4.69) is 18.2 Å². The topological polar surface area (TPSA) is 0 Å². The number of allylic oxidation sites excluding steroid dienone is 2. The van der Waals surface area contributed by atoms with Crippen molar-refractivity contribution >= 4 is 11.6 Å². The van der Waals surface area contributed by atoms with Gasteiger partial charge in [0.05, 0.1) is 0 Å². The predicted molar refractivity (Wildman–Crippen MR) is 73.5 cm³/mol. The van der Waals surface area contributed by atoms with E-state index in [1.165, 1.54) is 0 Å². The zero-order valence-electron chi connectivity index (χ0n) is 6.85. The Labute approximate surface area is 121 Å². The molecule has 0 unspecified atom stereocenters. The summed E-state index contributed by atoms with van der Waals surface area (Å²) in [6, 6.07) is 0. The molecule has 0 spiro atoms. The van der Waals surface area contributed by atoms with Crippen molar-refractivity contribution in [2.75, 3.05) is 0 Å². The molecule has 0 amide bonds. The van der Waals surface area contributed by atoms with E-state index in [4.69, 9.17) is 0 Å². The summed E-state index contributed by atoms with van der Waals surface area (Å²) in [5.74, 6) is -2.26. The molecule has 0 rings (SSSR count). The van der Waals surface area contributed by atoms with E-state index in [-0.39, 0.29) is 41.8 Å². The summed E-state index contributed by atoms with van der Waals surface area (Å²) in [5, 5.41) is -1.28. The van der Waals surface area contributed by atoms with Crippen LogP contribution in [0.3, 0.4) is 0 Å². The van der Waals surface area contributed by atoms with Gasteiger partial charge < -0.3 is 0 Å². The summed E-state index contributed by atoms with van der Waals surface area (Å²) in [7, 11) is 0. The molecule has 0 heterocycles. The van der Waals surface area contributed by atoms with Gasteiger partial charge >= 0.3 is 12.4 Å². The van der Waals surface area contributed by atoms with Crippen LogP contribution in [0, 0.1) is 0 Å². The normalized spacial score (nSPS) is 8.00. The highest BCUT2D eigenvalue weighted by molar-refractivity contribution is 6.29. The van der Waals surface area contributed by atoms with Crippen LogP contribution in [0.4, 0.5) is 35.4 Å². The lowest BCUT2D eigenvalue weighted by Gasteiger charge is -1.98. The molecule has 0 saturated heterocycles. The van der Waals surface area contributed by atoms with E-state index >= 15 is 0 Å². The molecule has 0 aromatic heterocycles. The van der Waals surface area contributed by atoms with Crippen molar-refractivity contribution in [1.29, 1.82) is 0 Å². The second kappa shape index (κ2) is 18.2. The fourth-order valence-electron chi connectivity index (χ4n) is 0. The first kappa shape index (κ1) is 50.7. The molecule has 0 aliphatic carbocycles. The van der Waals surface area contributed by atoms with Crippen LogP contribution in [0.5, 0.6) is 0 Å². The lowest BCUT2D eigenvalue weighted by atomic mass is 10.6. The molecule has 0 saturated carbocycles. The van der Waals surface area contributed by atoms with Crippen molar-refractivity contribution in [2.45, 2.75) is 49.5 Å². The molecule has 0 N–H and O–H groups in total. The third-order valence-electron chi connectivity index (χ3n) is 0.615. The zero-order chi connectivity index (χ0) is 12.2. The van der Waals surface area contributed by atoms with Gasteiger partial charge in [0.2, 0.25) is 0 Å². The summed E-state index contributed by atoms with van der Waals surface area (Å²) in [6.07, 6.45) is -9.29. The molecule has 0 aromatic carbocycles. The van der Waals surface area contributed by atoms with E-state index in [9.17, 15) is 30.7 Å². The molecule has 0 atom stereocenters. The van der Waals surface area contributed by atoms with Crippen LogP contribution in [0.2, 0.25) is 0 Å². The Kier molecular flexibility index (Phi) is 46.2. The van der Waals surface area contributed by atoms with Crippen molar-refractivity contribution in [3.05, 3.63) is 24.0 Å². The third kappa shape index (κ3) is 36.0. The van der Waals surface area contributed by atoms with Crippen molar-refractivity contribution in [2.24, 2.45) is 0 Å². The minimum Gasteiger partial charge on any atom is -0.269 e. The monoisotopic (exact) mass is 344 g/mol. The van der Waals surface area contributed by atoms with E-state index in [1.54, 1.807) is 0 Å². The van der Waals surface area contributed by atoms with E-state index in [0.717, 1.165) is 0 Å². The van der Waals surface area contributed by atoms with Crippen LogP contribution in [0.15, 0.2) is 24.0 Å². The number of halogens is 9. The van der Waals surface area contributed by atoms with Gasteiger partial charge in [-0.15, -0.1) is 0 Å². The summed E-state index contributed by atoms with van der Waals surface area (Å²) in [5.41, 5.74) is 0. The summed E-state index contributed by atoms with van der Waals surface area (Å²) in [4.78, 5) is 0. The Morgan fingerprint density at radius 2 is 0.800 bits per heavy atom. The Morgan fingerprint density at radius 3 is 0.800 bits per heavy atom.